The van der Waals surface area contributed by atoms with E-state index in [1.807, 2.05) is 18.2 Å². The largest absolute Gasteiger partial charge is 0.405 e. The van der Waals surface area contributed by atoms with Gasteiger partial charge in [0.25, 0.3) is 0 Å². The number of benzene rings is 1. The zero-order chi connectivity index (χ0) is 11.8. The molecule has 0 amide bonds. The molecule has 1 aromatic rings. The second-order valence-electron chi connectivity index (χ2n) is 3.34. The van der Waals surface area contributed by atoms with E-state index in [2.05, 4.69) is 18.0 Å². The summed E-state index contributed by atoms with van der Waals surface area (Å²) in [5, 5.41) is 8.62. The maximum Gasteiger partial charge on any atom is 0.0626 e. The van der Waals surface area contributed by atoms with E-state index in [9.17, 15) is 0 Å². The number of rotatable bonds is 5. The molecule has 0 bridgehead atoms. The quantitative estimate of drug-likeness (QED) is 0.638. The zero-order valence-electron chi connectivity index (χ0n) is 10.1. The first kappa shape index (κ1) is 16.5. The molecule has 0 heterocycles. The number of hydrogen-bond donors (Lipinski definition) is 2. The summed E-state index contributed by atoms with van der Waals surface area (Å²) < 4.78 is 0. The number of aliphatic imine (C=N–C) groups is 1. The Kier molecular flexibility index (Phi) is 9.23. The first-order valence-electron chi connectivity index (χ1n) is 5.35. The summed E-state index contributed by atoms with van der Waals surface area (Å²) in [6.07, 6.45) is 4.15. The van der Waals surface area contributed by atoms with Crippen LogP contribution in [0, 0.1) is 6.07 Å². The van der Waals surface area contributed by atoms with Crippen molar-refractivity contribution >= 4 is 11.8 Å². The van der Waals surface area contributed by atoms with Crippen molar-refractivity contribution in [2.45, 2.75) is 13.3 Å². The Morgan fingerprint density at radius 2 is 2.29 bits per heavy atom. The average Bonchev–Trinajstić information content (AvgIpc) is 2.35. The zero-order valence-corrected chi connectivity index (χ0v) is 12.9. The van der Waals surface area contributed by atoms with Crippen LogP contribution in [0.1, 0.15) is 18.1 Å². The monoisotopic (exact) mass is 306 g/mol. The fourth-order valence-corrected chi connectivity index (χ4v) is 1.29. The Morgan fingerprint density at radius 3 is 2.76 bits per heavy atom. The summed E-state index contributed by atoms with van der Waals surface area (Å²) in [6.45, 7) is 2.54. The molecule has 0 saturated carbocycles. The van der Waals surface area contributed by atoms with Crippen LogP contribution in [0.2, 0.25) is 0 Å². The molecule has 17 heavy (non-hydrogen) atoms. The normalized spacial score (nSPS) is 11.5. The van der Waals surface area contributed by atoms with Gasteiger partial charge in [0.05, 0.1) is 13.2 Å². The third-order valence-corrected chi connectivity index (χ3v) is 2.23. The first-order valence-corrected chi connectivity index (χ1v) is 5.35. The maximum atomic E-state index is 8.62. The number of allylic oxidation sites excluding steroid dienone is 1. The third-order valence-electron chi connectivity index (χ3n) is 2.23. The van der Waals surface area contributed by atoms with E-state index in [1.54, 1.807) is 6.21 Å². The van der Waals surface area contributed by atoms with Crippen LogP contribution in [0.15, 0.2) is 29.4 Å². The second-order valence-corrected chi connectivity index (χ2v) is 3.34. The fraction of sp³-hybridized carbons (Fsp3) is 0.308. The molecule has 0 unspecified atom stereocenters. The predicted molar refractivity (Wildman–Crippen MR) is 67.3 cm³/mol. The molecular weight excluding hydrogens is 289 g/mol. The number of aryl methyl sites for hydroxylation is 1. The van der Waals surface area contributed by atoms with Crippen LogP contribution < -0.4 is 5.73 Å². The van der Waals surface area contributed by atoms with E-state index >= 15 is 0 Å². The second kappa shape index (κ2) is 9.52. The van der Waals surface area contributed by atoms with Crippen molar-refractivity contribution in [2.24, 2.45) is 10.7 Å². The molecule has 0 spiro atoms. The molecule has 1 radical (unpaired) electrons. The molecule has 0 saturated heterocycles. The van der Waals surface area contributed by atoms with E-state index in [1.165, 1.54) is 11.8 Å². The Morgan fingerprint density at radius 1 is 1.53 bits per heavy atom. The van der Waals surface area contributed by atoms with Crippen molar-refractivity contribution in [3.8, 4) is 0 Å². The van der Waals surface area contributed by atoms with Crippen molar-refractivity contribution in [1.29, 1.82) is 0 Å². The predicted octanol–water partition coefficient (Wildman–Crippen LogP) is 1.41. The Bertz CT molecular complexity index is 372. The van der Waals surface area contributed by atoms with Gasteiger partial charge in [-0.1, -0.05) is 13.3 Å². The van der Waals surface area contributed by atoms with Crippen molar-refractivity contribution < 1.29 is 37.8 Å². The van der Waals surface area contributed by atoms with E-state index in [0.29, 0.717) is 6.54 Å². The van der Waals surface area contributed by atoms with Gasteiger partial charge >= 0.3 is 0 Å². The Labute approximate surface area is 128 Å². The van der Waals surface area contributed by atoms with Crippen LogP contribution in [0.25, 0.3) is 5.57 Å². The summed E-state index contributed by atoms with van der Waals surface area (Å²) >= 11 is 0. The maximum absolute atomic E-state index is 8.62. The van der Waals surface area contributed by atoms with Crippen LogP contribution in [-0.4, -0.2) is 24.5 Å². The standard InChI is InChI=1S/C13H17N2O.Y/c1-2-11-3-5-12(6-4-11)13(9-14)10-15-7-8-16;/h3,5-6,9-10,16H,2,7-8,14H2,1H3;/q-1;/b13-9+,15-10?;. The van der Waals surface area contributed by atoms with E-state index < -0.39 is 0 Å². The molecule has 0 atom stereocenters. The number of nitrogens with zero attached hydrogens (tertiary/aromatic N) is 1. The van der Waals surface area contributed by atoms with Crippen LogP contribution >= 0.6 is 0 Å². The van der Waals surface area contributed by atoms with Gasteiger partial charge in [-0.3, -0.25) is 4.99 Å². The molecule has 4 heteroatoms. The number of aliphatic hydroxyl groups is 1. The minimum Gasteiger partial charge on any atom is -0.405 e. The summed E-state index contributed by atoms with van der Waals surface area (Å²) in [5.41, 5.74) is 8.53. The SMILES string of the molecule is CCc1[c-]cc(/C(C=NCCO)=C/N)cc1.[Y]. The minimum absolute atomic E-state index is 0. The summed E-state index contributed by atoms with van der Waals surface area (Å²) in [6, 6.07) is 9.12. The van der Waals surface area contributed by atoms with Gasteiger partial charge in [0.1, 0.15) is 0 Å². The van der Waals surface area contributed by atoms with Crippen LogP contribution in [-0.2, 0) is 39.1 Å². The Balaban J connectivity index is 0.00000256. The van der Waals surface area contributed by atoms with Crippen molar-refractivity contribution in [3.05, 3.63) is 41.6 Å². The van der Waals surface area contributed by atoms with Gasteiger partial charge in [0.15, 0.2) is 0 Å². The molecule has 1 rings (SSSR count). The van der Waals surface area contributed by atoms with Gasteiger partial charge in [0.2, 0.25) is 0 Å². The van der Waals surface area contributed by atoms with Gasteiger partial charge in [-0.15, -0.1) is 5.56 Å². The molecule has 1 aromatic carbocycles. The summed E-state index contributed by atoms with van der Waals surface area (Å²) in [7, 11) is 0. The number of aliphatic hydroxyl groups excluding tert-OH is 1. The van der Waals surface area contributed by atoms with Crippen LogP contribution in [0.5, 0.6) is 0 Å². The van der Waals surface area contributed by atoms with Gasteiger partial charge in [-0.25, -0.2) is 0 Å². The van der Waals surface area contributed by atoms with Gasteiger partial charge in [-0.05, 0) is 11.8 Å². The Hall–Kier alpha value is -0.506. The molecule has 0 aliphatic heterocycles. The van der Waals surface area contributed by atoms with Gasteiger partial charge in [0, 0.05) is 38.9 Å². The van der Waals surface area contributed by atoms with E-state index in [-0.39, 0.29) is 39.3 Å². The molecule has 89 valence electrons. The molecule has 0 fully saturated rings. The summed E-state index contributed by atoms with van der Waals surface area (Å²) in [4.78, 5) is 4.04. The third kappa shape index (κ3) is 5.58. The molecule has 0 aliphatic rings. The van der Waals surface area contributed by atoms with Gasteiger partial charge < -0.3 is 10.8 Å². The van der Waals surface area contributed by atoms with Crippen molar-refractivity contribution in [1.82, 2.24) is 0 Å². The number of hydrogen-bond acceptors (Lipinski definition) is 3. The van der Waals surface area contributed by atoms with E-state index in [0.717, 1.165) is 17.6 Å². The first-order chi connectivity index (χ1) is 7.81. The smallest absolute Gasteiger partial charge is 0.0626 e. The molecule has 0 aliphatic carbocycles. The summed E-state index contributed by atoms with van der Waals surface area (Å²) in [5.74, 6) is 0. The fourth-order valence-electron chi connectivity index (χ4n) is 1.29. The molecule has 3 nitrogen and oxygen atoms in total. The number of nitrogens with two attached hydrogens (primary N) is 1. The molecular formula is C13H17N2OY-. The molecule has 0 aromatic heterocycles. The molecule has 3 N–H and O–H groups in total. The average molecular weight is 306 g/mol. The van der Waals surface area contributed by atoms with Crippen LogP contribution in [0.3, 0.4) is 0 Å². The van der Waals surface area contributed by atoms with Crippen LogP contribution in [0.4, 0.5) is 0 Å². The van der Waals surface area contributed by atoms with Crippen molar-refractivity contribution in [2.75, 3.05) is 13.2 Å². The van der Waals surface area contributed by atoms with Crippen molar-refractivity contribution in [3.63, 3.8) is 0 Å². The minimum atomic E-state index is 0. The topological polar surface area (TPSA) is 58.6 Å². The van der Waals surface area contributed by atoms with E-state index in [4.69, 9.17) is 10.8 Å². The van der Waals surface area contributed by atoms with Gasteiger partial charge in [-0.2, -0.15) is 29.8 Å².